The molecule has 2 aromatic rings. The minimum absolute atomic E-state index is 0.417. The average Bonchev–Trinajstić information content (AvgIpc) is 2.52. The first kappa shape index (κ1) is 15.9. The Balaban J connectivity index is 1.84. The monoisotopic (exact) mass is 294 g/mol. The van der Waals surface area contributed by atoms with Crippen LogP contribution in [0.3, 0.4) is 0 Å². The molecular weight excluding hydrogens is 272 g/mol. The van der Waals surface area contributed by atoms with Crippen molar-refractivity contribution in [2.75, 3.05) is 13.2 Å². The van der Waals surface area contributed by atoms with Crippen LogP contribution in [0.4, 0.5) is 0 Å². The summed E-state index contributed by atoms with van der Waals surface area (Å²) in [5, 5.41) is 0. The molecule has 0 aromatic heterocycles. The average molecular weight is 294 g/mol. The zero-order valence-electron chi connectivity index (χ0n) is 13.3. The van der Waals surface area contributed by atoms with Crippen molar-refractivity contribution in [3.05, 3.63) is 84.0 Å². The lowest BCUT2D eigenvalue weighted by atomic mass is 10.1. The highest BCUT2D eigenvalue weighted by Gasteiger charge is 2.05. The zero-order valence-corrected chi connectivity index (χ0v) is 13.3. The van der Waals surface area contributed by atoms with E-state index in [1.807, 2.05) is 62.4 Å². The molecule has 0 spiro atoms. The number of hydrogen-bond donors (Lipinski definition) is 0. The van der Waals surface area contributed by atoms with Gasteiger partial charge in [0.05, 0.1) is 0 Å². The van der Waals surface area contributed by atoms with Gasteiger partial charge >= 0.3 is 0 Å². The standard InChI is InChI=1S/C20H22O2/c1-15-9-5-7-11-19(15)21-13-17(3)18(4)14-22-20-12-8-6-10-16(20)2/h5-12H,3-4,13-14H2,1-2H3. The molecule has 22 heavy (non-hydrogen) atoms. The largest absolute Gasteiger partial charge is 0.489 e. The summed E-state index contributed by atoms with van der Waals surface area (Å²) in [5.74, 6) is 1.74. The normalized spacial score (nSPS) is 10.1. The van der Waals surface area contributed by atoms with Crippen LogP contribution in [0, 0.1) is 13.8 Å². The predicted molar refractivity (Wildman–Crippen MR) is 91.6 cm³/mol. The zero-order chi connectivity index (χ0) is 15.9. The van der Waals surface area contributed by atoms with Gasteiger partial charge < -0.3 is 9.47 Å². The summed E-state index contributed by atoms with van der Waals surface area (Å²) in [6.45, 7) is 12.9. The van der Waals surface area contributed by atoms with Gasteiger partial charge in [-0.15, -0.1) is 0 Å². The van der Waals surface area contributed by atoms with Gasteiger partial charge in [-0.3, -0.25) is 0 Å². The molecule has 0 bridgehead atoms. The molecule has 0 atom stereocenters. The quantitative estimate of drug-likeness (QED) is 0.678. The van der Waals surface area contributed by atoms with Crippen LogP contribution in [0.5, 0.6) is 11.5 Å². The van der Waals surface area contributed by atoms with E-state index in [1.54, 1.807) is 0 Å². The smallest absolute Gasteiger partial charge is 0.122 e. The molecule has 0 fully saturated rings. The second kappa shape index (κ2) is 7.51. The number of aryl methyl sites for hydroxylation is 2. The summed E-state index contributed by atoms with van der Waals surface area (Å²) in [4.78, 5) is 0. The van der Waals surface area contributed by atoms with E-state index in [0.717, 1.165) is 33.8 Å². The first-order chi connectivity index (χ1) is 10.6. The highest BCUT2D eigenvalue weighted by Crippen LogP contribution is 2.20. The topological polar surface area (TPSA) is 18.5 Å². The first-order valence-electron chi connectivity index (χ1n) is 7.30. The van der Waals surface area contributed by atoms with E-state index >= 15 is 0 Å². The minimum atomic E-state index is 0.417. The van der Waals surface area contributed by atoms with Crippen molar-refractivity contribution in [1.29, 1.82) is 0 Å². The maximum absolute atomic E-state index is 5.78. The molecule has 2 aromatic carbocycles. The van der Waals surface area contributed by atoms with Crippen molar-refractivity contribution in [2.45, 2.75) is 13.8 Å². The Morgan fingerprint density at radius 1 is 0.727 bits per heavy atom. The van der Waals surface area contributed by atoms with E-state index in [0.29, 0.717) is 13.2 Å². The molecular formula is C20H22O2. The van der Waals surface area contributed by atoms with Gasteiger partial charge in [0.1, 0.15) is 24.7 Å². The van der Waals surface area contributed by atoms with E-state index < -0.39 is 0 Å². The Labute approximate surface area is 132 Å². The number of rotatable bonds is 7. The van der Waals surface area contributed by atoms with Crippen LogP contribution < -0.4 is 9.47 Å². The molecule has 2 rings (SSSR count). The Kier molecular flexibility index (Phi) is 5.42. The molecule has 0 heterocycles. The van der Waals surface area contributed by atoms with Crippen molar-refractivity contribution < 1.29 is 9.47 Å². The molecule has 114 valence electrons. The van der Waals surface area contributed by atoms with Crippen LogP contribution in [0.1, 0.15) is 11.1 Å². The maximum Gasteiger partial charge on any atom is 0.122 e. The van der Waals surface area contributed by atoms with Crippen LogP contribution in [-0.4, -0.2) is 13.2 Å². The predicted octanol–water partition coefficient (Wildman–Crippen LogP) is 4.87. The Bertz CT molecular complexity index is 611. The van der Waals surface area contributed by atoms with Crippen molar-refractivity contribution in [1.82, 2.24) is 0 Å². The molecule has 0 aliphatic heterocycles. The van der Waals surface area contributed by atoms with E-state index in [-0.39, 0.29) is 0 Å². The van der Waals surface area contributed by atoms with Gasteiger partial charge in [-0.05, 0) is 48.3 Å². The fourth-order valence-corrected chi connectivity index (χ4v) is 1.97. The van der Waals surface area contributed by atoms with Crippen LogP contribution in [0.2, 0.25) is 0 Å². The number of ether oxygens (including phenoxy) is 2. The third-order valence-electron chi connectivity index (χ3n) is 3.49. The first-order valence-corrected chi connectivity index (χ1v) is 7.30. The van der Waals surface area contributed by atoms with Gasteiger partial charge in [0.2, 0.25) is 0 Å². The maximum atomic E-state index is 5.78. The van der Waals surface area contributed by atoms with E-state index in [2.05, 4.69) is 13.2 Å². The van der Waals surface area contributed by atoms with Gasteiger partial charge in [0, 0.05) is 0 Å². The van der Waals surface area contributed by atoms with Gasteiger partial charge in [-0.1, -0.05) is 49.6 Å². The summed E-state index contributed by atoms with van der Waals surface area (Å²) in [5.41, 5.74) is 3.91. The molecule has 0 radical (unpaired) electrons. The molecule has 2 heteroatoms. The van der Waals surface area contributed by atoms with E-state index in [9.17, 15) is 0 Å². The second-order valence-corrected chi connectivity index (χ2v) is 5.32. The van der Waals surface area contributed by atoms with Crippen molar-refractivity contribution >= 4 is 0 Å². The van der Waals surface area contributed by atoms with Crippen LogP contribution >= 0.6 is 0 Å². The van der Waals surface area contributed by atoms with Crippen molar-refractivity contribution in [3.63, 3.8) is 0 Å². The molecule has 0 amide bonds. The lowest BCUT2D eigenvalue weighted by Gasteiger charge is -2.14. The summed E-state index contributed by atoms with van der Waals surface area (Å²) >= 11 is 0. The molecule has 0 aliphatic rings. The van der Waals surface area contributed by atoms with Crippen LogP contribution in [0.25, 0.3) is 0 Å². The molecule has 0 aliphatic carbocycles. The van der Waals surface area contributed by atoms with E-state index in [1.165, 1.54) is 0 Å². The minimum Gasteiger partial charge on any atom is -0.489 e. The number of para-hydroxylation sites is 2. The van der Waals surface area contributed by atoms with Gasteiger partial charge in [0.25, 0.3) is 0 Å². The molecule has 0 saturated heterocycles. The summed E-state index contributed by atoms with van der Waals surface area (Å²) in [6, 6.07) is 15.9. The Hall–Kier alpha value is -2.48. The molecule has 0 N–H and O–H groups in total. The molecule has 0 unspecified atom stereocenters. The summed E-state index contributed by atoms with van der Waals surface area (Å²) in [7, 11) is 0. The molecule has 0 saturated carbocycles. The SMILES string of the molecule is C=C(COc1ccccc1C)C(=C)COc1ccccc1C. The number of hydrogen-bond acceptors (Lipinski definition) is 2. The van der Waals surface area contributed by atoms with Gasteiger partial charge in [-0.25, -0.2) is 0 Å². The van der Waals surface area contributed by atoms with Gasteiger partial charge in [0.15, 0.2) is 0 Å². The third kappa shape index (κ3) is 4.26. The fourth-order valence-electron chi connectivity index (χ4n) is 1.97. The lowest BCUT2D eigenvalue weighted by Crippen LogP contribution is -2.09. The van der Waals surface area contributed by atoms with Gasteiger partial charge in [-0.2, -0.15) is 0 Å². The fraction of sp³-hybridized carbons (Fsp3) is 0.200. The highest BCUT2D eigenvalue weighted by atomic mass is 16.5. The highest BCUT2D eigenvalue weighted by molar-refractivity contribution is 5.35. The van der Waals surface area contributed by atoms with Crippen LogP contribution in [0.15, 0.2) is 72.8 Å². The molecule has 2 nitrogen and oxygen atoms in total. The lowest BCUT2D eigenvalue weighted by molar-refractivity contribution is 0.331. The van der Waals surface area contributed by atoms with Crippen LogP contribution in [-0.2, 0) is 0 Å². The third-order valence-corrected chi connectivity index (χ3v) is 3.49. The summed E-state index contributed by atoms with van der Waals surface area (Å²) in [6.07, 6.45) is 0. The Morgan fingerprint density at radius 3 is 1.45 bits per heavy atom. The van der Waals surface area contributed by atoms with Crippen molar-refractivity contribution in [3.8, 4) is 11.5 Å². The van der Waals surface area contributed by atoms with Crippen molar-refractivity contribution in [2.24, 2.45) is 0 Å². The second-order valence-electron chi connectivity index (χ2n) is 5.32. The Morgan fingerprint density at radius 2 is 1.09 bits per heavy atom. The summed E-state index contributed by atoms with van der Waals surface area (Å²) < 4.78 is 11.6. The number of benzene rings is 2. The van der Waals surface area contributed by atoms with E-state index in [4.69, 9.17) is 9.47 Å².